The van der Waals surface area contributed by atoms with Crippen LogP contribution in [0.25, 0.3) is 0 Å². The number of anilines is 1. The predicted octanol–water partition coefficient (Wildman–Crippen LogP) is 5.66. The molecule has 1 fully saturated rings. The number of thiophene rings is 1. The van der Waals surface area contributed by atoms with Gasteiger partial charge in [0.1, 0.15) is 17.6 Å². The van der Waals surface area contributed by atoms with Crippen molar-refractivity contribution in [3.63, 3.8) is 0 Å². The molecule has 0 unspecified atom stereocenters. The maximum atomic E-state index is 13.7. The van der Waals surface area contributed by atoms with Gasteiger partial charge in [0.2, 0.25) is 11.8 Å². The van der Waals surface area contributed by atoms with Gasteiger partial charge in [-0.05, 0) is 73.2 Å². The third-order valence-electron chi connectivity index (χ3n) is 5.99. The summed E-state index contributed by atoms with van der Waals surface area (Å²) in [6.45, 7) is 2.44. The van der Waals surface area contributed by atoms with Gasteiger partial charge in [0.05, 0.1) is 13.0 Å². The van der Waals surface area contributed by atoms with Gasteiger partial charge in [-0.1, -0.05) is 31.0 Å². The van der Waals surface area contributed by atoms with E-state index in [1.54, 1.807) is 24.3 Å². The summed E-state index contributed by atoms with van der Waals surface area (Å²) < 4.78 is 19.3. The van der Waals surface area contributed by atoms with E-state index in [4.69, 9.17) is 4.74 Å². The maximum absolute atomic E-state index is 13.7. The summed E-state index contributed by atoms with van der Waals surface area (Å²) in [6, 6.07) is 16.0. The van der Waals surface area contributed by atoms with Gasteiger partial charge in [-0.3, -0.25) is 14.5 Å². The summed E-state index contributed by atoms with van der Waals surface area (Å²) in [5.74, 6) is -0.170. The molecule has 5 nitrogen and oxygen atoms in total. The molecule has 0 aliphatic heterocycles. The Balaban J connectivity index is 1.74. The molecule has 1 heterocycles. The second-order valence-corrected chi connectivity index (χ2v) is 9.42. The summed E-state index contributed by atoms with van der Waals surface area (Å²) in [5, 5.41) is 5.08. The predicted molar refractivity (Wildman–Crippen MR) is 133 cm³/mol. The Kier molecular flexibility index (Phi) is 7.95. The normalized spacial score (nSPS) is 14.5. The molecular weight excluding hydrogens is 451 g/mol. The summed E-state index contributed by atoms with van der Waals surface area (Å²) >= 11 is 1.49. The quantitative estimate of drug-likeness (QED) is 0.430. The van der Waals surface area contributed by atoms with Gasteiger partial charge in [0.15, 0.2) is 0 Å². The van der Waals surface area contributed by atoms with E-state index in [1.165, 1.54) is 28.4 Å². The molecule has 1 aliphatic carbocycles. The molecule has 4 rings (SSSR count). The molecule has 0 saturated heterocycles. The molecule has 2 aromatic carbocycles. The number of benzene rings is 2. The number of nitrogens with one attached hydrogen (secondary N) is 1. The molecule has 0 radical (unpaired) electrons. The Labute approximate surface area is 203 Å². The van der Waals surface area contributed by atoms with Gasteiger partial charge in [-0.25, -0.2) is 4.39 Å². The minimum absolute atomic E-state index is 0.0974. The minimum Gasteiger partial charge on any atom is -0.494 e. The summed E-state index contributed by atoms with van der Waals surface area (Å²) in [4.78, 5) is 29.7. The monoisotopic (exact) mass is 480 g/mol. The van der Waals surface area contributed by atoms with Gasteiger partial charge in [-0.15, -0.1) is 11.3 Å². The van der Waals surface area contributed by atoms with Crippen LogP contribution in [0.4, 0.5) is 10.1 Å². The lowest BCUT2D eigenvalue weighted by Crippen LogP contribution is -2.46. The van der Waals surface area contributed by atoms with E-state index >= 15 is 0 Å². The van der Waals surface area contributed by atoms with Crippen molar-refractivity contribution in [3.05, 3.63) is 82.3 Å². The van der Waals surface area contributed by atoms with Gasteiger partial charge in [0.25, 0.3) is 0 Å². The number of rotatable bonds is 9. The molecule has 1 N–H and O–H groups in total. The number of ether oxygens (including phenoxy) is 1. The average Bonchev–Trinajstić information content (AvgIpc) is 3.53. The molecule has 2 amide bonds. The van der Waals surface area contributed by atoms with Crippen LogP contribution in [-0.2, 0) is 16.0 Å². The van der Waals surface area contributed by atoms with E-state index in [0.717, 1.165) is 30.6 Å². The van der Waals surface area contributed by atoms with Crippen LogP contribution in [0.1, 0.15) is 49.1 Å². The van der Waals surface area contributed by atoms with Crippen LogP contribution in [0.2, 0.25) is 0 Å². The largest absolute Gasteiger partial charge is 0.494 e. The Hall–Kier alpha value is -3.19. The van der Waals surface area contributed by atoms with Crippen LogP contribution in [-0.4, -0.2) is 24.5 Å². The Morgan fingerprint density at radius 3 is 2.41 bits per heavy atom. The first-order chi connectivity index (χ1) is 16.5. The van der Waals surface area contributed by atoms with Crippen molar-refractivity contribution >= 4 is 28.8 Å². The van der Waals surface area contributed by atoms with Crippen LogP contribution in [0, 0.1) is 5.82 Å². The number of amides is 2. The number of carbonyl (C=O) groups is 2. The number of hydrogen-bond acceptors (Lipinski definition) is 4. The highest BCUT2D eigenvalue weighted by Gasteiger charge is 2.34. The fourth-order valence-electron chi connectivity index (χ4n) is 4.37. The zero-order chi connectivity index (χ0) is 23.9. The first-order valence-electron chi connectivity index (χ1n) is 11.7. The van der Waals surface area contributed by atoms with Crippen LogP contribution in [0.3, 0.4) is 0 Å². The van der Waals surface area contributed by atoms with E-state index in [0.29, 0.717) is 23.6 Å². The number of hydrogen-bond donors (Lipinski definition) is 1. The first-order valence-corrected chi connectivity index (χ1v) is 12.6. The standard InChI is InChI=1S/C27H29FN2O3S/c1-2-33-23-15-9-19(10-16-23)26(27(32)29-21-6-3-4-7-21)30(22-13-11-20(28)12-14-22)25(31)18-24-8-5-17-34-24/h5,8-17,21,26H,2-4,6-7,18H2,1H3,(H,29,32)/t26-/m0/s1. The van der Waals surface area contributed by atoms with Crippen molar-refractivity contribution in [3.8, 4) is 5.75 Å². The molecule has 1 aliphatic rings. The van der Waals surface area contributed by atoms with Crippen molar-refractivity contribution in [1.82, 2.24) is 5.32 Å². The van der Waals surface area contributed by atoms with Gasteiger partial charge in [0, 0.05) is 16.6 Å². The SMILES string of the molecule is CCOc1ccc([C@@H](C(=O)NC2CCCC2)N(C(=O)Cc2cccs2)c2ccc(F)cc2)cc1. The molecule has 1 saturated carbocycles. The Morgan fingerprint density at radius 2 is 1.79 bits per heavy atom. The van der Waals surface area contributed by atoms with E-state index in [-0.39, 0.29) is 24.3 Å². The second-order valence-electron chi connectivity index (χ2n) is 8.39. The topological polar surface area (TPSA) is 58.6 Å². The van der Waals surface area contributed by atoms with Crippen molar-refractivity contribution in [2.45, 2.75) is 51.1 Å². The number of halogens is 1. The summed E-state index contributed by atoms with van der Waals surface area (Å²) in [6.07, 6.45) is 4.18. The van der Waals surface area contributed by atoms with Crippen LogP contribution < -0.4 is 15.0 Å². The molecule has 0 bridgehead atoms. The molecule has 0 spiro atoms. The lowest BCUT2D eigenvalue weighted by atomic mass is 10.0. The van der Waals surface area contributed by atoms with Crippen molar-refractivity contribution < 1.29 is 18.7 Å². The van der Waals surface area contributed by atoms with Crippen molar-refractivity contribution in [1.29, 1.82) is 0 Å². The minimum atomic E-state index is -0.894. The summed E-state index contributed by atoms with van der Waals surface area (Å²) in [5.41, 5.74) is 1.14. The van der Waals surface area contributed by atoms with Gasteiger partial charge < -0.3 is 10.1 Å². The smallest absolute Gasteiger partial charge is 0.248 e. The highest BCUT2D eigenvalue weighted by Crippen LogP contribution is 2.31. The molecule has 34 heavy (non-hydrogen) atoms. The van der Waals surface area contributed by atoms with Crippen LogP contribution in [0.15, 0.2) is 66.0 Å². The second kappa shape index (κ2) is 11.3. The van der Waals surface area contributed by atoms with E-state index < -0.39 is 11.9 Å². The van der Waals surface area contributed by atoms with E-state index in [2.05, 4.69) is 5.32 Å². The first kappa shape index (κ1) is 24.0. The zero-order valence-electron chi connectivity index (χ0n) is 19.2. The van der Waals surface area contributed by atoms with Crippen molar-refractivity contribution in [2.24, 2.45) is 0 Å². The number of nitrogens with zero attached hydrogens (tertiary/aromatic N) is 1. The third-order valence-corrected chi connectivity index (χ3v) is 6.87. The van der Waals surface area contributed by atoms with E-state index in [1.807, 2.05) is 36.6 Å². The molecule has 178 valence electrons. The Morgan fingerprint density at radius 1 is 1.09 bits per heavy atom. The van der Waals surface area contributed by atoms with Crippen LogP contribution in [0.5, 0.6) is 5.75 Å². The molecule has 3 aromatic rings. The average molecular weight is 481 g/mol. The lowest BCUT2D eigenvalue weighted by Gasteiger charge is -2.32. The van der Waals surface area contributed by atoms with Gasteiger partial charge >= 0.3 is 0 Å². The van der Waals surface area contributed by atoms with Crippen molar-refractivity contribution in [2.75, 3.05) is 11.5 Å². The molecule has 1 aromatic heterocycles. The highest BCUT2D eigenvalue weighted by atomic mass is 32.1. The molecular formula is C27H29FN2O3S. The van der Waals surface area contributed by atoms with Gasteiger partial charge in [-0.2, -0.15) is 0 Å². The zero-order valence-corrected chi connectivity index (χ0v) is 20.0. The van der Waals surface area contributed by atoms with Crippen LogP contribution >= 0.6 is 11.3 Å². The fourth-order valence-corrected chi connectivity index (χ4v) is 5.06. The third kappa shape index (κ3) is 5.83. The van der Waals surface area contributed by atoms with E-state index in [9.17, 15) is 14.0 Å². The number of carbonyl (C=O) groups excluding carboxylic acids is 2. The fraction of sp³-hybridized carbons (Fsp3) is 0.333. The Bertz CT molecular complexity index is 1080. The molecule has 7 heteroatoms. The lowest BCUT2D eigenvalue weighted by molar-refractivity contribution is -0.127. The highest BCUT2D eigenvalue weighted by molar-refractivity contribution is 7.10. The maximum Gasteiger partial charge on any atom is 0.248 e. The summed E-state index contributed by atoms with van der Waals surface area (Å²) in [7, 11) is 0. The molecule has 1 atom stereocenters.